The van der Waals surface area contributed by atoms with Crippen LogP contribution in [0.5, 0.6) is 23.0 Å². The molecule has 0 aliphatic heterocycles. The lowest BCUT2D eigenvalue weighted by atomic mass is 10.1. The number of hydrogen-bond donors (Lipinski definition) is 0. The number of rotatable bonds is 4. The highest BCUT2D eigenvalue weighted by atomic mass is 32.1. The van der Waals surface area contributed by atoms with Crippen LogP contribution in [0.1, 0.15) is 0 Å². The number of ether oxygens (including phenoxy) is 2. The molecular weight excluding hydrogens is 360 g/mol. The SMILES string of the molecule is c1ccc(Oc2c3ccsc3c(Oc3ccccc3)c3ccsc23)cc1. The zero-order valence-electron chi connectivity index (χ0n) is 13.7. The standard InChI is InChI=1S/C22H14O2S2/c1-3-7-15(8-4-1)23-19-17-11-13-26-22(17)20(18-12-14-25-21(18)19)24-16-9-5-2-6-10-16/h1-14H. The topological polar surface area (TPSA) is 18.5 Å². The van der Waals surface area contributed by atoms with E-state index >= 15 is 0 Å². The lowest BCUT2D eigenvalue weighted by Crippen LogP contribution is -1.89. The largest absolute Gasteiger partial charge is 0.455 e. The predicted octanol–water partition coefficient (Wildman–Crippen LogP) is 7.70. The van der Waals surface area contributed by atoms with Crippen LogP contribution < -0.4 is 9.47 Å². The number of benzene rings is 3. The monoisotopic (exact) mass is 374 g/mol. The van der Waals surface area contributed by atoms with Crippen molar-refractivity contribution in [3.8, 4) is 23.0 Å². The van der Waals surface area contributed by atoms with E-state index in [1.807, 2.05) is 60.7 Å². The van der Waals surface area contributed by atoms with Gasteiger partial charge in [-0.2, -0.15) is 0 Å². The molecule has 0 spiro atoms. The van der Waals surface area contributed by atoms with Gasteiger partial charge in [-0.05, 0) is 47.2 Å². The fourth-order valence-electron chi connectivity index (χ4n) is 2.99. The van der Waals surface area contributed by atoms with Gasteiger partial charge in [-0.3, -0.25) is 0 Å². The van der Waals surface area contributed by atoms with Crippen LogP contribution >= 0.6 is 22.7 Å². The Hall–Kier alpha value is -2.82. The Morgan fingerprint density at radius 2 is 0.923 bits per heavy atom. The van der Waals surface area contributed by atoms with Gasteiger partial charge in [0.05, 0.1) is 9.40 Å². The van der Waals surface area contributed by atoms with Crippen LogP contribution in [-0.2, 0) is 0 Å². The van der Waals surface area contributed by atoms with E-state index in [-0.39, 0.29) is 0 Å². The van der Waals surface area contributed by atoms with Gasteiger partial charge in [0.25, 0.3) is 0 Å². The quantitative estimate of drug-likeness (QED) is 0.321. The minimum absolute atomic E-state index is 0.839. The molecule has 2 nitrogen and oxygen atoms in total. The van der Waals surface area contributed by atoms with Crippen molar-refractivity contribution in [1.82, 2.24) is 0 Å². The summed E-state index contributed by atoms with van der Waals surface area (Å²) in [4.78, 5) is 0. The van der Waals surface area contributed by atoms with Gasteiger partial charge in [-0.15, -0.1) is 22.7 Å². The molecule has 0 aliphatic rings. The Morgan fingerprint density at radius 1 is 0.500 bits per heavy atom. The maximum absolute atomic E-state index is 6.29. The molecule has 4 heteroatoms. The van der Waals surface area contributed by atoms with Gasteiger partial charge in [0.2, 0.25) is 0 Å². The van der Waals surface area contributed by atoms with Crippen molar-refractivity contribution >= 4 is 42.8 Å². The summed E-state index contributed by atoms with van der Waals surface area (Å²) in [7, 11) is 0. The van der Waals surface area contributed by atoms with E-state index in [2.05, 4.69) is 22.9 Å². The lowest BCUT2D eigenvalue weighted by Gasteiger charge is -2.13. The van der Waals surface area contributed by atoms with Gasteiger partial charge in [0.15, 0.2) is 11.5 Å². The molecule has 5 rings (SSSR count). The van der Waals surface area contributed by atoms with E-state index in [0.717, 1.165) is 43.2 Å². The predicted molar refractivity (Wildman–Crippen MR) is 110 cm³/mol. The number of hydrogen-bond acceptors (Lipinski definition) is 4. The molecule has 0 N–H and O–H groups in total. The highest BCUT2D eigenvalue weighted by Crippen LogP contribution is 2.49. The molecule has 0 amide bonds. The van der Waals surface area contributed by atoms with Crippen LogP contribution in [0.25, 0.3) is 20.2 Å². The maximum atomic E-state index is 6.29. The number of thiophene rings is 2. The fourth-order valence-corrected chi connectivity index (χ4v) is 4.76. The second-order valence-corrected chi connectivity index (χ2v) is 7.65. The van der Waals surface area contributed by atoms with E-state index in [0.29, 0.717) is 0 Å². The average molecular weight is 374 g/mol. The molecule has 0 saturated carbocycles. The third-order valence-corrected chi connectivity index (χ3v) is 5.98. The first-order chi connectivity index (χ1) is 12.9. The molecule has 0 fully saturated rings. The number of fused-ring (bicyclic) bond motifs is 2. The average Bonchev–Trinajstić information content (AvgIpc) is 3.36. The van der Waals surface area contributed by atoms with Gasteiger partial charge >= 0.3 is 0 Å². The van der Waals surface area contributed by atoms with E-state index in [9.17, 15) is 0 Å². The summed E-state index contributed by atoms with van der Waals surface area (Å²) in [6.07, 6.45) is 0. The summed E-state index contributed by atoms with van der Waals surface area (Å²) in [5.74, 6) is 3.48. The Morgan fingerprint density at radius 3 is 1.35 bits per heavy atom. The van der Waals surface area contributed by atoms with Crippen LogP contribution in [0.15, 0.2) is 83.6 Å². The maximum Gasteiger partial charge on any atom is 0.154 e. The molecular formula is C22H14O2S2. The van der Waals surface area contributed by atoms with Crippen molar-refractivity contribution in [2.24, 2.45) is 0 Å². The van der Waals surface area contributed by atoms with Crippen LogP contribution in [0.4, 0.5) is 0 Å². The van der Waals surface area contributed by atoms with Gasteiger partial charge in [-0.1, -0.05) is 36.4 Å². The first-order valence-electron chi connectivity index (χ1n) is 8.26. The van der Waals surface area contributed by atoms with Crippen LogP contribution in [-0.4, -0.2) is 0 Å². The molecule has 2 heterocycles. The minimum atomic E-state index is 0.839. The molecule has 5 aromatic rings. The number of para-hydroxylation sites is 2. The highest BCUT2D eigenvalue weighted by molar-refractivity contribution is 7.19. The van der Waals surface area contributed by atoms with Crippen molar-refractivity contribution in [3.05, 3.63) is 83.6 Å². The molecule has 0 bridgehead atoms. The molecule has 0 aliphatic carbocycles. The molecule has 0 saturated heterocycles. The second-order valence-electron chi connectivity index (χ2n) is 5.82. The molecule has 0 unspecified atom stereocenters. The Bertz CT molecular complexity index is 1030. The summed E-state index contributed by atoms with van der Waals surface area (Å²) < 4.78 is 14.8. The first kappa shape index (κ1) is 15.4. The Balaban J connectivity index is 1.71. The summed E-state index contributed by atoms with van der Waals surface area (Å²) in [5, 5.41) is 6.34. The molecule has 3 aromatic carbocycles. The van der Waals surface area contributed by atoms with Gasteiger partial charge in [0, 0.05) is 10.8 Å². The normalized spacial score (nSPS) is 11.1. The van der Waals surface area contributed by atoms with E-state index in [1.54, 1.807) is 22.7 Å². The smallest absolute Gasteiger partial charge is 0.154 e. The molecule has 2 aromatic heterocycles. The zero-order valence-corrected chi connectivity index (χ0v) is 15.3. The first-order valence-corrected chi connectivity index (χ1v) is 10.0. The fraction of sp³-hybridized carbons (Fsp3) is 0. The van der Waals surface area contributed by atoms with Crippen LogP contribution in [0.2, 0.25) is 0 Å². The van der Waals surface area contributed by atoms with E-state index in [1.165, 1.54) is 0 Å². The Labute approximate surface area is 158 Å². The van der Waals surface area contributed by atoms with Gasteiger partial charge < -0.3 is 9.47 Å². The third-order valence-electron chi connectivity index (χ3n) is 4.16. The second kappa shape index (κ2) is 6.48. The summed E-state index contributed by atoms with van der Waals surface area (Å²) >= 11 is 3.35. The lowest BCUT2D eigenvalue weighted by molar-refractivity contribution is 0.487. The van der Waals surface area contributed by atoms with Crippen molar-refractivity contribution in [3.63, 3.8) is 0 Å². The summed E-state index contributed by atoms with van der Waals surface area (Å²) in [5.41, 5.74) is 0. The van der Waals surface area contributed by atoms with E-state index in [4.69, 9.17) is 9.47 Å². The molecule has 26 heavy (non-hydrogen) atoms. The van der Waals surface area contributed by atoms with Gasteiger partial charge in [0.1, 0.15) is 11.5 Å². The van der Waals surface area contributed by atoms with Gasteiger partial charge in [-0.25, -0.2) is 0 Å². The van der Waals surface area contributed by atoms with Crippen molar-refractivity contribution in [2.75, 3.05) is 0 Å². The Kier molecular flexibility index (Phi) is 3.85. The molecule has 0 atom stereocenters. The summed E-state index contributed by atoms with van der Waals surface area (Å²) in [6, 6.07) is 24.0. The van der Waals surface area contributed by atoms with Crippen LogP contribution in [0.3, 0.4) is 0 Å². The van der Waals surface area contributed by atoms with E-state index < -0.39 is 0 Å². The molecule has 126 valence electrons. The van der Waals surface area contributed by atoms with Crippen LogP contribution in [0, 0.1) is 0 Å². The van der Waals surface area contributed by atoms with Crippen molar-refractivity contribution in [2.45, 2.75) is 0 Å². The van der Waals surface area contributed by atoms with Crippen molar-refractivity contribution < 1.29 is 9.47 Å². The van der Waals surface area contributed by atoms with Crippen molar-refractivity contribution in [1.29, 1.82) is 0 Å². The minimum Gasteiger partial charge on any atom is -0.455 e. The zero-order chi connectivity index (χ0) is 17.3. The summed E-state index contributed by atoms with van der Waals surface area (Å²) in [6.45, 7) is 0. The molecule has 0 radical (unpaired) electrons. The third kappa shape index (κ3) is 2.64. The highest BCUT2D eigenvalue weighted by Gasteiger charge is 2.19.